The Bertz CT molecular complexity index is 378. The number of thioether (sulfide) groups is 1. The molecule has 2 unspecified atom stereocenters. The van der Waals surface area contributed by atoms with Crippen LogP contribution in [0.15, 0.2) is 0 Å². The van der Waals surface area contributed by atoms with Crippen molar-refractivity contribution < 1.29 is 14.7 Å². The van der Waals surface area contributed by atoms with Crippen molar-refractivity contribution in [2.24, 2.45) is 5.41 Å². The van der Waals surface area contributed by atoms with Gasteiger partial charge in [0.15, 0.2) is 0 Å². The Labute approximate surface area is 132 Å². The fourth-order valence-corrected chi connectivity index (χ4v) is 3.83. The number of urea groups is 1. The molecule has 0 aromatic heterocycles. The molecule has 122 valence electrons. The lowest BCUT2D eigenvalue weighted by molar-refractivity contribution is -0.152. The number of carboxylic acid groups (broad SMARTS) is 1. The highest BCUT2D eigenvalue weighted by molar-refractivity contribution is 7.98. The second-order valence-electron chi connectivity index (χ2n) is 5.88. The molecule has 1 N–H and O–H groups in total. The van der Waals surface area contributed by atoms with Crippen LogP contribution in [0.2, 0.25) is 0 Å². The third-order valence-corrected chi connectivity index (χ3v) is 5.38. The number of nitrogens with zero attached hydrogens (tertiary/aromatic N) is 2. The van der Waals surface area contributed by atoms with Crippen LogP contribution in [0.3, 0.4) is 0 Å². The zero-order valence-electron chi connectivity index (χ0n) is 13.6. The van der Waals surface area contributed by atoms with Crippen molar-refractivity contribution in [3.05, 3.63) is 0 Å². The molecule has 2 amide bonds. The Morgan fingerprint density at radius 1 is 1.43 bits per heavy atom. The molecule has 6 heteroatoms. The summed E-state index contributed by atoms with van der Waals surface area (Å²) in [5.74, 6) is 0.131. The number of carbonyl (C=O) groups is 2. The van der Waals surface area contributed by atoms with Gasteiger partial charge in [0.2, 0.25) is 0 Å². The Morgan fingerprint density at radius 2 is 2.10 bits per heavy atom. The maximum absolute atomic E-state index is 12.6. The monoisotopic (exact) mass is 316 g/mol. The molecule has 1 fully saturated rings. The predicted molar refractivity (Wildman–Crippen MR) is 86.8 cm³/mol. The molecule has 0 radical (unpaired) electrons. The van der Waals surface area contributed by atoms with E-state index in [1.807, 2.05) is 20.2 Å². The Balaban J connectivity index is 2.80. The third-order valence-electron chi connectivity index (χ3n) is 4.66. The zero-order chi connectivity index (χ0) is 16.0. The van der Waals surface area contributed by atoms with Gasteiger partial charge in [0.05, 0.1) is 5.41 Å². The van der Waals surface area contributed by atoms with Gasteiger partial charge in [-0.25, -0.2) is 4.79 Å². The number of carbonyl (C=O) groups excluding carboxylic acids is 1. The summed E-state index contributed by atoms with van der Waals surface area (Å²) in [5, 5.41) is 9.51. The van der Waals surface area contributed by atoms with Gasteiger partial charge in [0.1, 0.15) is 0 Å². The lowest BCUT2D eigenvalue weighted by Gasteiger charge is -2.42. The lowest BCUT2D eigenvalue weighted by atomic mass is 9.78. The molecule has 2 atom stereocenters. The largest absolute Gasteiger partial charge is 0.481 e. The smallest absolute Gasteiger partial charge is 0.320 e. The van der Waals surface area contributed by atoms with Crippen molar-refractivity contribution >= 4 is 23.8 Å². The van der Waals surface area contributed by atoms with Crippen LogP contribution in [-0.2, 0) is 4.79 Å². The van der Waals surface area contributed by atoms with Crippen molar-refractivity contribution in [2.75, 3.05) is 32.1 Å². The maximum Gasteiger partial charge on any atom is 0.320 e. The molecule has 1 rings (SSSR count). The predicted octanol–water partition coefficient (Wildman–Crippen LogP) is 2.76. The first-order chi connectivity index (χ1) is 9.91. The van der Waals surface area contributed by atoms with Crippen LogP contribution in [0.5, 0.6) is 0 Å². The molecular formula is C15H28N2O3S. The SMILES string of the molecule is CCC(CSC)N(C)C(=O)N1CCCC(CC)(C(=O)O)C1. The number of rotatable bonds is 6. The highest BCUT2D eigenvalue weighted by Gasteiger charge is 2.42. The van der Waals surface area contributed by atoms with E-state index in [0.717, 1.165) is 18.6 Å². The van der Waals surface area contributed by atoms with Gasteiger partial charge in [0.25, 0.3) is 0 Å². The van der Waals surface area contributed by atoms with Crippen LogP contribution in [0, 0.1) is 5.41 Å². The molecule has 0 saturated carbocycles. The number of amides is 2. The summed E-state index contributed by atoms with van der Waals surface area (Å²) in [4.78, 5) is 27.7. The standard InChI is InChI=1S/C15H28N2O3S/c1-5-12(10-21-4)16(3)14(20)17-9-7-8-15(6-2,11-17)13(18)19/h12H,5-11H2,1-4H3,(H,18,19). The van der Waals surface area contributed by atoms with Gasteiger partial charge < -0.3 is 14.9 Å². The van der Waals surface area contributed by atoms with E-state index in [9.17, 15) is 14.7 Å². The topological polar surface area (TPSA) is 60.9 Å². The molecule has 0 spiro atoms. The highest BCUT2D eigenvalue weighted by atomic mass is 32.2. The number of carboxylic acids is 1. The quantitative estimate of drug-likeness (QED) is 0.818. The van der Waals surface area contributed by atoms with Gasteiger partial charge in [-0.1, -0.05) is 13.8 Å². The number of hydrogen-bond acceptors (Lipinski definition) is 3. The number of likely N-dealkylation sites (tertiary alicyclic amines) is 1. The van der Waals surface area contributed by atoms with Crippen LogP contribution in [0.1, 0.15) is 39.5 Å². The van der Waals surface area contributed by atoms with Crippen molar-refractivity contribution in [1.29, 1.82) is 0 Å². The van der Waals surface area contributed by atoms with Crippen molar-refractivity contribution in [3.63, 3.8) is 0 Å². The molecule has 1 aliphatic heterocycles. The fourth-order valence-electron chi connectivity index (χ4n) is 2.98. The number of piperidine rings is 1. The van der Waals surface area contributed by atoms with E-state index in [2.05, 4.69) is 6.92 Å². The van der Waals surface area contributed by atoms with E-state index in [-0.39, 0.29) is 12.1 Å². The fraction of sp³-hybridized carbons (Fsp3) is 0.867. The summed E-state index contributed by atoms with van der Waals surface area (Å²) in [6.07, 6.45) is 4.94. The van der Waals surface area contributed by atoms with E-state index in [0.29, 0.717) is 25.9 Å². The van der Waals surface area contributed by atoms with Crippen molar-refractivity contribution in [2.45, 2.75) is 45.6 Å². The number of aliphatic carboxylic acids is 1. The summed E-state index contributed by atoms with van der Waals surface area (Å²) in [6, 6.07) is 0.171. The molecule has 0 aromatic rings. The average molecular weight is 316 g/mol. The van der Waals surface area contributed by atoms with E-state index in [4.69, 9.17) is 0 Å². The molecule has 1 aliphatic rings. The molecular weight excluding hydrogens is 288 g/mol. The minimum Gasteiger partial charge on any atom is -0.481 e. The van der Waals surface area contributed by atoms with Crippen LogP contribution in [0.25, 0.3) is 0 Å². The van der Waals surface area contributed by atoms with Gasteiger partial charge in [-0.2, -0.15) is 11.8 Å². The molecule has 1 saturated heterocycles. The van der Waals surface area contributed by atoms with Crippen LogP contribution < -0.4 is 0 Å². The minimum absolute atomic E-state index is 0.0327. The van der Waals surface area contributed by atoms with Crippen LogP contribution >= 0.6 is 11.8 Å². The van der Waals surface area contributed by atoms with Gasteiger partial charge in [0, 0.05) is 31.9 Å². The van der Waals surface area contributed by atoms with E-state index < -0.39 is 11.4 Å². The minimum atomic E-state index is -0.777. The summed E-state index contributed by atoms with van der Waals surface area (Å²) >= 11 is 1.73. The third kappa shape index (κ3) is 4.05. The Kier molecular flexibility index (Phi) is 6.84. The van der Waals surface area contributed by atoms with Crippen LogP contribution in [0.4, 0.5) is 4.79 Å². The summed E-state index contributed by atoms with van der Waals surface area (Å²) < 4.78 is 0. The van der Waals surface area contributed by atoms with Gasteiger partial charge in [-0.3, -0.25) is 4.79 Å². The lowest BCUT2D eigenvalue weighted by Crippen LogP contribution is -2.54. The zero-order valence-corrected chi connectivity index (χ0v) is 14.4. The highest BCUT2D eigenvalue weighted by Crippen LogP contribution is 2.34. The van der Waals surface area contributed by atoms with E-state index >= 15 is 0 Å². The van der Waals surface area contributed by atoms with Gasteiger partial charge >= 0.3 is 12.0 Å². The van der Waals surface area contributed by atoms with E-state index in [1.165, 1.54) is 0 Å². The average Bonchev–Trinajstić information content (AvgIpc) is 2.50. The molecule has 0 aliphatic carbocycles. The first-order valence-corrected chi connectivity index (χ1v) is 9.05. The van der Waals surface area contributed by atoms with E-state index in [1.54, 1.807) is 21.6 Å². The second kappa shape index (κ2) is 7.92. The van der Waals surface area contributed by atoms with Gasteiger partial charge in [-0.15, -0.1) is 0 Å². The van der Waals surface area contributed by atoms with Crippen molar-refractivity contribution in [3.8, 4) is 0 Å². The Morgan fingerprint density at radius 3 is 2.57 bits per heavy atom. The summed E-state index contributed by atoms with van der Waals surface area (Å²) in [6.45, 7) is 4.97. The molecule has 5 nitrogen and oxygen atoms in total. The Hall–Kier alpha value is -0.910. The summed E-state index contributed by atoms with van der Waals surface area (Å²) in [5.41, 5.74) is -0.768. The van der Waals surface area contributed by atoms with Crippen molar-refractivity contribution in [1.82, 2.24) is 9.80 Å². The summed E-state index contributed by atoms with van der Waals surface area (Å²) in [7, 11) is 1.83. The first kappa shape index (κ1) is 18.1. The van der Waals surface area contributed by atoms with Gasteiger partial charge in [-0.05, 0) is 31.9 Å². The molecule has 1 heterocycles. The number of hydrogen-bond donors (Lipinski definition) is 1. The first-order valence-electron chi connectivity index (χ1n) is 7.66. The second-order valence-corrected chi connectivity index (χ2v) is 6.79. The molecule has 0 bridgehead atoms. The molecule has 21 heavy (non-hydrogen) atoms. The normalized spacial score (nSPS) is 23.7. The molecule has 0 aromatic carbocycles. The van der Waals surface area contributed by atoms with Crippen LogP contribution in [-0.4, -0.2) is 65.1 Å². The maximum atomic E-state index is 12.6.